The molecular formula is C11H16N6O2. The fourth-order valence-corrected chi connectivity index (χ4v) is 1.91. The summed E-state index contributed by atoms with van der Waals surface area (Å²) < 4.78 is 3.25. The van der Waals surface area contributed by atoms with Gasteiger partial charge in [0.25, 0.3) is 0 Å². The molecule has 0 amide bonds. The summed E-state index contributed by atoms with van der Waals surface area (Å²) in [5, 5.41) is 22.4. The maximum atomic E-state index is 11.1. The van der Waals surface area contributed by atoms with Gasteiger partial charge in [0.05, 0.1) is 16.8 Å². The van der Waals surface area contributed by atoms with Gasteiger partial charge in [-0.3, -0.25) is 14.8 Å². The van der Waals surface area contributed by atoms with E-state index in [2.05, 4.69) is 15.5 Å². The van der Waals surface area contributed by atoms with E-state index in [-0.39, 0.29) is 5.69 Å². The summed E-state index contributed by atoms with van der Waals surface area (Å²) in [4.78, 5) is 10.7. The molecule has 0 unspecified atom stereocenters. The average molecular weight is 264 g/mol. The Morgan fingerprint density at radius 2 is 2.26 bits per heavy atom. The first kappa shape index (κ1) is 13.1. The van der Waals surface area contributed by atoms with Gasteiger partial charge in [0, 0.05) is 19.8 Å². The van der Waals surface area contributed by atoms with Gasteiger partial charge in [-0.15, -0.1) is 0 Å². The zero-order valence-electron chi connectivity index (χ0n) is 11.1. The number of aryl methyl sites for hydroxylation is 3. The van der Waals surface area contributed by atoms with E-state index in [0.717, 1.165) is 6.42 Å². The fourth-order valence-electron chi connectivity index (χ4n) is 1.91. The molecule has 0 saturated carbocycles. The van der Waals surface area contributed by atoms with Crippen molar-refractivity contribution in [1.82, 2.24) is 19.6 Å². The lowest BCUT2D eigenvalue weighted by molar-refractivity contribution is -0.384. The van der Waals surface area contributed by atoms with Crippen molar-refractivity contribution in [3.05, 3.63) is 28.2 Å². The first-order valence-electron chi connectivity index (χ1n) is 6.00. The number of aromatic nitrogens is 4. The van der Waals surface area contributed by atoms with Gasteiger partial charge in [0.15, 0.2) is 0 Å². The second kappa shape index (κ2) is 5.09. The number of nitro groups is 1. The second-order valence-corrected chi connectivity index (χ2v) is 4.29. The Kier molecular flexibility index (Phi) is 3.50. The lowest BCUT2D eigenvalue weighted by Gasteiger charge is -2.06. The van der Waals surface area contributed by atoms with Crippen LogP contribution in [0.5, 0.6) is 0 Å². The van der Waals surface area contributed by atoms with Crippen LogP contribution in [-0.2, 0) is 13.6 Å². The second-order valence-electron chi connectivity index (χ2n) is 4.29. The van der Waals surface area contributed by atoms with Crippen molar-refractivity contribution >= 4 is 17.2 Å². The molecule has 0 aliphatic heterocycles. The molecule has 2 aromatic heterocycles. The lowest BCUT2D eigenvalue weighted by Crippen LogP contribution is -2.05. The molecule has 2 heterocycles. The number of nitrogens with one attached hydrogen (secondary N) is 1. The summed E-state index contributed by atoms with van der Waals surface area (Å²) in [5.74, 6) is 0.400. The molecule has 0 aromatic carbocycles. The van der Waals surface area contributed by atoms with Gasteiger partial charge in [-0.05, 0) is 13.3 Å². The molecule has 102 valence electrons. The van der Waals surface area contributed by atoms with Crippen molar-refractivity contribution in [3.63, 3.8) is 0 Å². The van der Waals surface area contributed by atoms with E-state index in [4.69, 9.17) is 0 Å². The molecule has 0 atom stereocenters. The van der Waals surface area contributed by atoms with E-state index in [9.17, 15) is 10.1 Å². The molecule has 19 heavy (non-hydrogen) atoms. The van der Waals surface area contributed by atoms with Gasteiger partial charge >= 0.3 is 5.69 Å². The minimum Gasteiger partial charge on any atom is -0.332 e. The van der Waals surface area contributed by atoms with E-state index in [1.807, 2.05) is 6.92 Å². The topological polar surface area (TPSA) is 90.8 Å². The third kappa shape index (κ3) is 2.56. The first-order valence-corrected chi connectivity index (χ1v) is 6.00. The van der Waals surface area contributed by atoms with Crippen LogP contribution in [0.2, 0.25) is 0 Å². The van der Waals surface area contributed by atoms with Crippen molar-refractivity contribution in [2.75, 3.05) is 5.32 Å². The smallest absolute Gasteiger partial charge is 0.332 e. The van der Waals surface area contributed by atoms with Gasteiger partial charge in [-0.2, -0.15) is 10.2 Å². The van der Waals surface area contributed by atoms with Crippen LogP contribution in [0.3, 0.4) is 0 Å². The highest BCUT2D eigenvalue weighted by atomic mass is 16.6. The van der Waals surface area contributed by atoms with Gasteiger partial charge in [0.1, 0.15) is 5.69 Å². The highest BCUT2D eigenvalue weighted by Gasteiger charge is 2.25. The minimum atomic E-state index is -0.410. The Bertz CT molecular complexity index is 600. The molecular weight excluding hydrogens is 248 g/mol. The van der Waals surface area contributed by atoms with Crippen molar-refractivity contribution in [1.29, 1.82) is 0 Å². The summed E-state index contributed by atoms with van der Waals surface area (Å²) in [7, 11) is 1.79. The van der Waals surface area contributed by atoms with Crippen LogP contribution in [-0.4, -0.2) is 24.5 Å². The Balaban J connectivity index is 2.43. The summed E-state index contributed by atoms with van der Waals surface area (Å²) >= 11 is 0. The standard InChI is InChI=1S/C11H16N6O2/c1-4-5-16-11(10(17(18)19)8(2)14-16)13-9-6-12-15(3)7-9/h6-7,13H,4-5H2,1-3H3. The molecule has 8 heteroatoms. The minimum absolute atomic E-state index is 0.0114. The quantitative estimate of drug-likeness (QED) is 0.658. The molecule has 2 aromatic rings. The molecule has 0 aliphatic carbocycles. The van der Waals surface area contributed by atoms with Gasteiger partial charge in [-0.25, -0.2) is 4.68 Å². The summed E-state index contributed by atoms with van der Waals surface area (Å²) in [6.07, 6.45) is 4.21. The molecule has 2 rings (SSSR count). The summed E-state index contributed by atoms with van der Waals surface area (Å²) in [6, 6.07) is 0. The van der Waals surface area contributed by atoms with Crippen molar-refractivity contribution in [2.45, 2.75) is 26.8 Å². The van der Waals surface area contributed by atoms with Crippen LogP contribution in [0, 0.1) is 17.0 Å². The number of nitrogens with zero attached hydrogens (tertiary/aromatic N) is 5. The highest BCUT2D eigenvalue weighted by Crippen LogP contribution is 2.30. The van der Waals surface area contributed by atoms with E-state index < -0.39 is 4.92 Å². The van der Waals surface area contributed by atoms with Crippen molar-refractivity contribution in [2.24, 2.45) is 7.05 Å². The highest BCUT2D eigenvalue weighted by molar-refractivity contribution is 5.66. The fraction of sp³-hybridized carbons (Fsp3) is 0.455. The third-order valence-corrected chi connectivity index (χ3v) is 2.68. The van der Waals surface area contributed by atoms with E-state index in [0.29, 0.717) is 23.7 Å². The SMILES string of the molecule is CCCn1nc(C)c([N+](=O)[O-])c1Nc1cnn(C)c1. The molecule has 1 N–H and O–H groups in total. The van der Waals surface area contributed by atoms with E-state index in [1.54, 1.807) is 35.7 Å². The monoisotopic (exact) mass is 264 g/mol. The van der Waals surface area contributed by atoms with Crippen LogP contribution in [0.1, 0.15) is 19.0 Å². The van der Waals surface area contributed by atoms with Gasteiger partial charge in [0.2, 0.25) is 5.82 Å². The van der Waals surface area contributed by atoms with Crippen LogP contribution >= 0.6 is 0 Å². The predicted octanol–water partition coefficient (Wildman–Crippen LogP) is 1.99. The molecule has 0 bridgehead atoms. The Hall–Kier alpha value is -2.38. The van der Waals surface area contributed by atoms with Crippen LogP contribution in [0.4, 0.5) is 17.2 Å². The molecule has 8 nitrogen and oxygen atoms in total. The van der Waals surface area contributed by atoms with Gasteiger partial charge < -0.3 is 5.32 Å². The molecule has 0 saturated heterocycles. The van der Waals surface area contributed by atoms with E-state index >= 15 is 0 Å². The van der Waals surface area contributed by atoms with Gasteiger partial charge in [-0.1, -0.05) is 6.92 Å². The zero-order valence-corrected chi connectivity index (χ0v) is 11.1. The lowest BCUT2D eigenvalue weighted by atomic mass is 10.3. The Morgan fingerprint density at radius 3 is 2.79 bits per heavy atom. The molecule has 0 aliphatic rings. The Morgan fingerprint density at radius 1 is 1.53 bits per heavy atom. The van der Waals surface area contributed by atoms with Crippen LogP contribution < -0.4 is 5.32 Å². The Labute approximate surface area is 110 Å². The van der Waals surface area contributed by atoms with E-state index in [1.165, 1.54) is 0 Å². The molecule has 0 radical (unpaired) electrons. The van der Waals surface area contributed by atoms with Crippen LogP contribution in [0.25, 0.3) is 0 Å². The average Bonchev–Trinajstić information content (AvgIpc) is 2.85. The normalized spacial score (nSPS) is 10.7. The van der Waals surface area contributed by atoms with Crippen molar-refractivity contribution < 1.29 is 4.92 Å². The van der Waals surface area contributed by atoms with Crippen molar-refractivity contribution in [3.8, 4) is 0 Å². The van der Waals surface area contributed by atoms with Crippen LogP contribution in [0.15, 0.2) is 12.4 Å². The number of rotatable bonds is 5. The largest absolute Gasteiger partial charge is 0.334 e. The third-order valence-electron chi connectivity index (χ3n) is 2.68. The maximum absolute atomic E-state index is 11.1. The summed E-state index contributed by atoms with van der Waals surface area (Å²) in [6.45, 7) is 4.26. The molecule has 0 fully saturated rings. The first-order chi connectivity index (χ1) is 9.02. The molecule has 0 spiro atoms. The maximum Gasteiger partial charge on any atom is 0.334 e. The number of hydrogen-bond acceptors (Lipinski definition) is 5. The summed E-state index contributed by atoms with van der Waals surface area (Å²) in [5.41, 5.74) is 1.12. The zero-order chi connectivity index (χ0) is 14.0. The number of hydrogen-bond donors (Lipinski definition) is 1. The number of anilines is 2. The predicted molar refractivity (Wildman–Crippen MR) is 70.4 cm³/mol.